The van der Waals surface area contributed by atoms with E-state index in [1.807, 2.05) is 103 Å². The van der Waals surface area contributed by atoms with E-state index in [1.165, 1.54) is 21.6 Å². The topological polar surface area (TPSA) is 191 Å². The van der Waals surface area contributed by atoms with Crippen LogP contribution in [0.15, 0.2) is 244 Å². The number of benzene rings is 12. The smallest absolute Gasteiger partial charge is 0.266 e. The molecule has 0 saturated carbocycles. The highest BCUT2D eigenvalue weighted by atomic mass is 16.5. The minimum atomic E-state index is -0.645. The summed E-state index contributed by atoms with van der Waals surface area (Å²) in [5.41, 5.74) is 17.4. The number of unbranched alkanes of at least 4 members (excludes halogenated alkanes) is 5. The summed E-state index contributed by atoms with van der Waals surface area (Å²) in [6, 6.07) is 72.8. The summed E-state index contributed by atoms with van der Waals surface area (Å²) in [6.07, 6.45) is 14.1. The molecule has 598 valence electrons. The number of ether oxygens (including phenoxy) is 2. The SMILES string of the molecule is CCCCCCCCn1c(=O)c2cc3c(=O)n(-c4ccc5c6c(Oc7ccc(C(C)(C)C)cc7)cc7c8c(cc(Oc9ccc(C(C)(C)C)cc9)c(c9cccc4c95)c86)C(=O)N(c4ccc(-c5c6nc(c(-c8ccc(C)cc8)c8ccc([nH]8)c(-c8ccc(C)cc8)c8nc(c(-c9ccc(C)cc9)c9ccc5[nH]9)C=C8)C=C6)cc4)C7=O)c(=O)c3cc2c1=O. The van der Waals surface area contributed by atoms with Gasteiger partial charge in [0.2, 0.25) is 0 Å². The summed E-state index contributed by atoms with van der Waals surface area (Å²) in [7, 11) is 0. The van der Waals surface area contributed by atoms with Crippen molar-refractivity contribution in [1.29, 1.82) is 0 Å². The molecule has 3 aliphatic rings. The van der Waals surface area contributed by atoms with Gasteiger partial charge in [-0.25, -0.2) is 19.4 Å². The molecule has 3 aliphatic heterocycles. The zero-order valence-corrected chi connectivity index (χ0v) is 69.6. The lowest BCUT2D eigenvalue weighted by Gasteiger charge is -2.30. The summed E-state index contributed by atoms with van der Waals surface area (Å²) >= 11 is 0. The number of nitrogens with zero attached hydrogens (tertiary/aromatic N) is 5. The van der Waals surface area contributed by atoms with Crippen molar-refractivity contribution in [2.45, 2.75) is 125 Å². The van der Waals surface area contributed by atoms with Gasteiger partial charge in [-0.2, -0.15) is 0 Å². The number of imide groups is 1. The van der Waals surface area contributed by atoms with Gasteiger partial charge in [0.25, 0.3) is 34.1 Å². The Bertz CT molecular complexity index is 7490. The summed E-state index contributed by atoms with van der Waals surface area (Å²) in [4.78, 5) is 112. The van der Waals surface area contributed by atoms with Gasteiger partial charge in [0.15, 0.2) is 0 Å². The molecule has 0 spiro atoms. The molecular formula is C107H87N7O8. The zero-order valence-electron chi connectivity index (χ0n) is 69.6. The van der Waals surface area contributed by atoms with Crippen LogP contribution in [0.5, 0.6) is 23.0 Å². The Kier molecular flexibility index (Phi) is 18.3. The molecule has 2 amide bonds. The monoisotopic (exact) mass is 1600 g/mol. The maximum Gasteiger partial charge on any atom is 0.266 e. The van der Waals surface area contributed by atoms with Crippen LogP contribution in [0, 0.1) is 20.8 Å². The normalized spacial score (nSPS) is 13.0. The quantitative estimate of drug-likeness (QED) is 0.0384. The molecule has 2 N–H and O–H groups in total. The first-order valence-corrected chi connectivity index (χ1v) is 42.0. The lowest BCUT2D eigenvalue weighted by Crippen LogP contribution is -2.40. The van der Waals surface area contributed by atoms with Crippen LogP contribution in [0.4, 0.5) is 5.69 Å². The number of carbonyl (C=O) groups is 2. The minimum Gasteiger partial charge on any atom is -0.457 e. The number of aromatic amines is 2. The van der Waals surface area contributed by atoms with Crippen molar-refractivity contribution in [3.8, 4) is 73.2 Å². The molecule has 0 saturated heterocycles. The average Bonchev–Trinajstić information content (AvgIpc) is 1.01. The van der Waals surface area contributed by atoms with E-state index in [0.29, 0.717) is 72.4 Å². The van der Waals surface area contributed by atoms with E-state index in [-0.39, 0.29) is 67.2 Å². The molecule has 17 aromatic rings. The second-order valence-electron chi connectivity index (χ2n) is 35.0. The van der Waals surface area contributed by atoms with Gasteiger partial charge in [0.05, 0.1) is 66.8 Å². The molecule has 5 aromatic heterocycles. The number of aryl methyl sites for hydroxylation is 3. The van der Waals surface area contributed by atoms with Crippen LogP contribution < -0.4 is 36.6 Å². The van der Waals surface area contributed by atoms with Crippen LogP contribution >= 0.6 is 0 Å². The maximum atomic E-state index is 16.4. The fraction of sp³-hybridized carbons (Fsp3) is 0.178. The van der Waals surface area contributed by atoms with Gasteiger partial charge < -0.3 is 19.4 Å². The van der Waals surface area contributed by atoms with Crippen LogP contribution in [0.2, 0.25) is 0 Å². The van der Waals surface area contributed by atoms with Gasteiger partial charge in [0, 0.05) is 77.8 Å². The molecule has 0 aliphatic carbocycles. The molecule has 0 atom stereocenters. The third kappa shape index (κ3) is 12.8. The Morgan fingerprint density at radius 2 is 0.730 bits per heavy atom. The van der Waals surface area contributed by atoms with E-state index in [4.69, 9.17) is 19.4 Å². The molecule has 8 bridgehead atoms. The van der Waals surface area contributed by atoms with Crippen molar-refractivity contribution in [3.05, 3.63) is 328 Å². The molecular weight excluding hydrogens is 1510 g/mol. The molecule has 0 radical (unpaired) electrons. The fourth-order valence-electron chi connectivity index (χ4n) is 18.3. The summed E-state index contributed by atoms with van der Waals surface area (Å²) < 4.78 is 16.9. The number of hydrogen-bond acceptors (Lipinski definition) is 10. The predicted molar refractivity (Wildman–Crippen MR) is 497 cm³/mol. The number of H-pyrrole nitrogens is 2. The highest BCUT2D eigenvalue weighted by Crippen LogP contribution is 2.54. The number of carbonyl (C=O) groups excluding carboxylic acids is 2. The standard InChI is InChI=1S/C107H87N7O8/c1-11-12-13-14-15-16-54-112-100(115)74-55-76-77(56-75(74)101(112)116)103(118)114(102(76)117)88-53-44-73-95-71(88)18-17-19-72(95)97-89(121-69-40-34-66(35-41-69)106(5,6)7)57-78-96-79(58-90(98(73)99(96)97)122-70-42-36-67(37-43-70)107(8,9)10)105(120)113(104(78)119)68-38-32-65(33-39-68)94-86-51-49-84(110-86)92(63-28-22-60(3)23-29-63)82-47-45-80(108-82)91(62-26-20-59(2)21-27-62)81-46-48-83(109-81)93(85-50-52-87(94)111-85)64-30-24-61(4)25-31-64/h17-53,55-58,108,111H,11-16,54H2,1-10H3. The van der Waals surface area contributed by atoms with Gasteiger partial charge in [-0.05, 0) is 203 Å². The average molecular weight is 1600 g/mol. The number of rotatable bonds is 17. The van der Waals surface area contributed by atoms with Gasteiger partial charge in [-0.1, -0.05) is 231 Å². The van der Waals surface area contributed by atoms with Crippen molar-refractivity contribution in [2.24, 2.45) is 0 Å². The summed E-state index contributed by atoms with van der Waals surface area (Å²) in [6.45, 7) is 21.5. The second-order valence-corrected chi connectivity index (χ2v) is 35.0. The largest absolute Gasteiger partial charge is 0.457 e. The molecule has 8 heterocycles. The Labute approximate surface area is 703 Å². The molecule has 12 aromatic carbocycles. The van der Waals surface area contributed by atoms with Crippen molar-refractivity contribution < 1.29 is 19.1 Å². The molecule has 15 heteroatoms. The van der Waals surface area contributed by atoms with Crippen LogP contribution in [0.3, 0.4) is 0 Å². The molecule has 15 nitrogen and oxygen atoms in total. The summed E-state index contributed by atoms with van der Waals surface area (Å²) in [5.74, 6) is 0.344. The van der Waals surface area contributed by atoms with Crippen molar-refractivity contribution >= 4 is 129 Å². The first-order valence-electron chi connectivity index (χ1n) is 42.0. The van der Waals surface area contributed by atoms with Crippen LogP contribution in [0.1, 0.15) is 158 Å². The Morgan fingerprint density at radius 1 is 0.352 bits per heavy atom. The first kappa shape index (κ1) is 76.3. The lowest BCUT2D eigenvalue weighted by atomic mass is 9.83. The van der Waals surface area contributed by atoms with Gasteiger partial charge in [-0.15, -0.1) is 0 Å². The zero-order chi connectivity index (χ0) is 84.1. The Morgan fingerprint density at radius 3 is 1.14 bits per heavy atom. The number of amides is 2. The Balaban J connectivity index is 0.779. The third-order valence-electron chi connectivity index (χ3n) is 24.8. The number of hydrogen-bond donors (Lipinski definition) is 2. The molecule has 20 rings (SSSR count). The first-order chi connectivity index (χ1) is 58.9. The minimum absolute atomic E-state index is 0.0224. The lowest BCUT2D eigenvalue weighted by molar-refractivity contribution is 0.0893. The molecule has 122 heavy (non-hydrogen) atoms. The van der Waals surface area contributed by atoms with E-state index < -0.39 is 34.1 Å². The third-order valence-corrected chi connectivity index (χ3v) is 24.8. The van der Waals surface area contributed by atoms with Crippen molar-refractivity contribution in [2.75, 3.05) is 4.90 Å². The highest BCUT2D eigenvalue weighted by Gasteiger charge is 2.39. The van der Waals surface area contributed by atoms with Crippen LogP contribution in [-0.4, -0.2) is 40.9 Å². The van der Waals surface area contributed by atoms with E-state index in [0.717, 1.165) is 148 Å². The summed E-state index contributed by atoms with van der Waals surface area (Å²) in [5, 5.41) is 4.62. The van der Waals surface area contributed by atoms with E-state index in [2.05, 4.69) is 194 Å². The number of aromatic nitrogens is 6. The maximum absolute atomic E-state index is 16.4. The van der Waals surface area contributed by atoms with Gasteiger partial charge in [0.1, 0.15) is 23.0 Å². The van der Waals surface area contributed by atoms with Crippen LogP contribution in [0.25, 0.3) is 161 Å². The van der Waals surface area contributed by atoms with Crippen LogP contribution in [-0.2, 0) is 17.4 Å². The Hall–Kier alpha value is -14.4. The van der Waals surface area contributed by atoms with E-state index in [9.17, 15) is 9.59 Å². The number of anilines is 1. The fourth-order valence-corrected chi connectivity index (χ4v) is 18.3. The van der Waals surface area contributed by atoms with E-state index >= 15 is 19.2 Å². The number of nitrogens with one attached hydrogen (secondary N) is 2. The van der Waals surface area contributed by atoms with E-state index in [1.54, 1.807) is 18.2 Å². The van der Waals surface area contributed by atoms with Crippen molar-refractivity contribution in [3.63, 3.8) is 0 Å². The second kappa shape index (κ2) is 29.2. The van der Waals surface area contributed by atoms with Crippen molar-refractivity contribution in [1.82, 2.24) is 29.1 Å². The van der Waals surface area contributed by atoms with Gasteiger partial charge in [-0.3, -0.25) is 33.3 Å². The molecule has 0 unspecified atom stereocenters. The highest BCUT2D eigenvalue weighted by molar-refractivity contribution is 6.44. The molecule has 0 fully saturated rings. The van der Waals surface area contributed by atoms with Gasteiger partial charge >= 0.3 is 0 Å². The number of fused-ring (bicyclic) bond motifs is 12. The predicted octanol–water partition coefficient (Wildman–Crippen LogP) is 24.9.